The molecular weight excluding hydrogens is 469 g/mol. The van der Waals surface area contributed by atoms with E-state index in [4.69, 9.17) is 9.15 Å². The average Bonchev–Trinajstić information content (AvgIpc) is 3.31. The number of pyridine rings is 1. The van der Waals surface area contributed by atoms with Gasteiger partial charge in [-0.25, -0.2) is 8.42 Å². The van der Waals surface area contributed by atoms with E-state index in [1.54, 1.807) is 5.32 Å². The second-order valence-corrected chi connectivity index (χ2v) is 8.83. The fraction of sp³-hybridized carbons (Fsp3) is 0.500. The number of ether oxygens (including phenoxy) is 1. The lowest BCUT2D eigenvalue weighted by molar-refractivity contribution is -0.175. The predicted molar refractivity (Wildman–Crippen MR) is 92.4 cm³/mol. The van der Waals surface area contributed by atoms with Gasteiger partial charge < -0.3 is 14.5 Å². The van der Waals surface area contributed by atoms with E-state index in [1.807, 2.05) is 0 Å². The van der Waals surface area contributed by atoms with Crippen molar-refractivity contribution < 1.29 is 44.3 Å². The Balaban J connectivity index is 1.62. The number of carbonyl (C=O) groups is 1. The summed E-state index contributed by atoms with van der Waals surface area (Å²) in [6.45, 7) is -0.498. The van der Waals surface area contributed by atoms with Gasteiger partial charge in [-0.2, -0.15) is 26.3 Å². The van der Waals surface area contributed by atoms with Crippen LogP contribution in [0.3, 0.4) is 0 Å². The van der Waals surface area contributed by atoms with Gasteiger partial charge in [-0.15, -0.1) is 10.2 Å². The lowest BCUT2D eigenvalue weighted by atomic mass is 10.0. The van der Waals surface area contributed by atoms with Crippen LogP contribution < -0.4 is 5.32 Å². The van der Waals surface area contributed by atoms with Crippen LogP contribution in [0.1, 0.15) is 24.4 Å². The van der Waals surface area contributed by atoms with Crippen LogP contribution in [0.15, 0.2) is 21.6 Å². The van der Waals surface area contributed by atoms with Crippen molar-refractivity contribution in [3.63, 3.8) is 0 Å². The summed E-state index contributed by atoms with van der Waals surface area (Å²) in [5.41, 5.74) is 0.0669. The lowest BCUT2D eigenvalue weighted by Crippen LogP contribution is -2.58. The van der Waals surface area contributed by atoms with E-state index in [1.165, 1.54) is 0 Å². The average molecular weight is 483 g/mol. The summed E-state index contributed by atoms with van der Waals surface area (Å²) < 4.78 is 100. The lowest BCUT2D eigenvalue weighted by Gasteiger charge is -2.37. The number of sulfonamides is 1. The summed E-state index contributed by atoms with van der Waals surface area (Å²) in [4.78, 5) is 15.1. The second-order valence-electron chi connectivity index (χ2n) is 6.97. The van der Waals surface area contributed by atoms with Crippen molar-refractivity contribution >= 4 is 15.9 Å². The van der Waals surface area contributed by atoms with E-state index in [9.17, 15) is 35.2 Å². The molecule has 1 N–H and O–H groups in total. The van der Waals surface area contributed by atoms with Gasteiger partial charge in [0.05, 0.1) is 36.5 Å². The topological polar surface area (TPSA) is 128 Å². The fourth-order valence-electron chi connectivity index (χ4n) is 3.49. The van der Waals surface area contributed by atoms with Crippen LogP contribution in [0.5, 0.6) is 0 Å². The van der Waals surface area contributed by atoms with E-state index < -0.39 is 46.5 Å². The molecule has 0 radical (unpaired) electrons. The molecule has 1 amide bonds. The van der Waals surface area contributed by atoms with Gasteiger partial charge in [0.25, 0.3) is 5.89 Å². The molecule has 1 saturated heterocycles. The zero-order chi connectivity index (χ0) is 23.3. The van der Waals surface area contributed by atoms with Gasteiger partial charge in [0, 0.05) is 12.8 Å². The Morgan fingerprint density at radius 3 is 2.69 bits per heavy atom. The highest BCUT2D eigenvalue weighted by molar-refractivity contribution is 7.89. The number of hydrogen-bond donors (Lipinski definition) is 1. The Bertz CT molecular complexity index is 1140. The maximum atomic E-state index is 13.1. The first kappa shape index (κ1) is 22.5. The van der Waals surface area contributed by atoms with Gasteiger partial charge in [0.15, 0.2) is 0 Å². The molecule has 174 valence electrons. The van der Waals surface area contributed by atoms with Crippen molar-refractivity contribution in [2.45, 2.75) is 42.5 Å². The van der Waals surface area contributed by atoms with Crippen LogP contribution >= 0.6 is 0 Å². The van der Waals surface area contributed by atoms with Gasteiger partial charge in [-0.1, -0.05) is 0 Å². The quantitative estimate of drug-likeness (QED) is 0.647. The number of aromatic nitrogens is 3. The van der Waals surface area contributed by atoms with Gasteiger partial charge in [-0.3, -0.25) is 9.78 Å². The first-order valence-corrected chi connectivity index (χ1v) is 10.5. The summed E-state index contributed by atoms with van der Waals surface area (Å²) in [7, 11) is -4.25. The molecule has 16 heteroatoms. The molecule has 2 aliphatic heterocycles. The van der Waals surface area contributed by atoms with E-state index in [0.717, 1.165) is 16.6 Å². The molecule has 10 nitrogen and oxygen atoms in total. The summed E-state index contributed by atoms with van der Waals surface area (Å²) in [5.74, 6) is -3.53. The molecule has 2 aliphatic rings. The molecule has 2 aromatic rings. The van der Waals surface area contributed by atoms with Crippen LogP contribution in [-0.4, -0.2) is 65.3 Å². The SMILES string of the molecule is O=C(N[C@@H]1COCC[C@H]1N1Cc2ncc(-c3nnc(C(F)F)o3)cc2S1(=O)=O)C(F)(F)F. The minimum Gasteiger partial charge on any atom is -0.415 e. The highest BCUT2D eigenvalue weighted by Crippen LogP contribution is 2.36. The minimum absolute atomic E-state index is 0.0255. The third kappa shape index (κ3) is 4.04. The summed E-state index contributed by atoms with van der Waals surface area (Å²) in [5, 5.41) is 8.39. The fourth-order valence-corrected chi connectivity index (χ4v) is 5.33. The van der Waals surface area contributed by atoms with Gasteiger partial charge in [0.2, 0.25) is 15.9 Å². The minimum atomic E-state index is -5.15. The first-order chi connectivity index (χ1) is 15.0. The summed E-state index contributed by atoms with van der Waals surface area (Å²) in [6, 6.07) is -1.15. The Morgan fingerprint density at radius 1 is 1.28 bits per heavy atom. The molecule has 4 rings (SSSR count). The zero-order valence-electron chi connectivity index (χ0n) is 15.8. The van der Waals surface area contributed by atoms with Crippen LogP contribution in [0.4, 0.5) is 22.0 Å². The Hall–Kier alpha value is -2.72. The smallest absolute Gasteiger partial charge is 0.415 e. The van der Waals surface area contributed by atoms with Gasteiger partial charge in [0.1, 0.15) is 4.90 Å². The predicted octanol–water partition coefficient (Wildman–Crippen LogP) is 1.41. The molecule has 1 fully saturated rings. The molecule has 0 aromatic carbocycles. The largest absolute Gasteiger partial charge is 0.471 e. The Labute approximate surface area is 176 Å². The van der Waals surface area contributed by atoms with Gasteiger partial charge >= 0.3 is 18.5 Å². The van der Waals surface area contributed by atoms with E-state index >= 15 is 0 Å². The highest BCUT2D eigenvalue weighted by atomic mass is 32.2. The standard InChI is InChI=1S/C16H14F5N5O5S/c17-12(18)14-25-24-13(31-14)7-3-11-8(22-4-7)5-26(32(11,28)29)10-1-2-30-6-9(10)23-15(27)16(19,20)21/h3-4,9-10,12H,1-2,5-6H2,(H,23,27)/t9-,10-/m1/s1. The maximum Gasteiger partial charge on any atom is 0.471 e. The number of halogens is 5. The van der Waals surface area contributed by atoms with Crippen LogP contribution in [0.2, 0.25) is 0 Å². The number of nitrogens with zero attached hydrogens (tertiary/aromatic N) is 4. The van der Waals surface area contributed by atoms with Gasteiger partial charge in [-0.05, 0) is 12.5 Å². The van der Waals surface area contributed by atoms with E-state index in [2.05, 4.69) is 15.2 Å². The number of amides is 1. The zero-order valence-corrected chi connectivity index (χ0v) is 16.7. The third-order valence-corrected chi connectivity index (χ3v) is 6.89. The van der Waals surface area contributed by atoms with Crippen molar-refractivity contribution in [3.8, 4) is 11.5 Å². The molecule has 0 spiro atoms. The molecule has 32 heavy (non-hydrogen) atoms. The summed E-state index contributed by atoms with van der Waals surface area (Å²) in [6.07, 6.45) is -6.97. The van der Waals surface area contributed by atoms with E-state index in [-0.39, 0.29) is 48.2 Å². The van der Waals surface area contributed by atoms with E-state index in [0.29, 0.717) is 0 Å². The van der Waals surface area contributed by atoms with Crippen molar-refractivity contribution in [2.24, 2.45) is 0 Å². The first-order valence-electron chi connectivity index (χ1n) is 9.06. The number of fused-ring (bicyclic) bond motifs is 1. The normalized spacial score (nSPS) is 23.3. The van der Waals surface area contributed by atoms with Crippen molar-refractivity contribution in [2.75, 3.05) is 13.2 Å². The van der Waals surface area contributed by atoms with Crippen molar-refractivity contribution in [3.05, 3.63) is 23.8 Å². The molecule has 4 heterocycles. The molecule has 0 aliphatic carbocycles. The monoisotopic (exact) mass is 483 g/mol. The Morgan fingerprint density at radius 2 is 2.03 bits per heavy atom. The molecule has 2 atom stereocenters. The number of nitrogens with one attached hydrogen (secondary N) is 1. The number of rotatable bonds is 4. The molecule has 0 saturated carbocycles. The second kappa shape index (κ2) is 8.00. The van der Waals surface area contributed by atoms with Crippen LogP contribution in [-0.2, 0) is 26.1 Å². The maximum absolute atomic E-state index is 13.1. The summed E-state index contributed by atoms with van der Waals surface area (Å²) >= 11 is 0. The Kier molecular flexibility index (Phi) is 5.62. The third-order valence-electron chi connectivity index (χ3n) is 4.96. The van der Waals surface area contributed by atoms with Crippen molar-refractivity contribution in [1.29, 1.82) is 0 Å². The number of hydrogen-bond acceptors (Lipinski definition) is 8. The van der Waals surface area contributed by atoms with Crippen LogP contribution in [0, 0.1) is 0 Å². The number of alkyl halides is 5. The van der Waals surface area contributed by atoms with Crippen LogP contribution in [0.25, 0.3) is 11.5 Å². The molecule has 2 aromatic heterocycles. The highest BCUT2D eigenvalue weighted by Gasteiger charge is 2.47. The molecular formula is C16H14F5N5O5S. The molecule has 0 bridgehead atoms. The van der Waals surface area contributed by atoms with Crippen molar-refractivity contribution in [1.82, 2.24) is 24.8 Å². The molecule has 0 unspecified atom stereocenters. The number of carbonyl (C=O) groups excluding carboxylic acids is 1.